The first-order valence-corrected chi connectivity index (χ1v) is 9.10. The van der Waals surface area contributed by atoms with Crippen LogP contribution in [0.2, 0.25) is 0 Å². The van der Waals surface area contributed by atoms with Gasteiger partial charge in [0.15, 0.2) is 0 Å². The SMILES string of the molecule is COc1cc(OC)cc(-c2noc(-c3sc(-c4ccccc4)nc3C)n2)c1. The molecule has 7 heteroatoms. The van der Waals surface area contributed by atoms with Crippen molar-refractivity contribution >= 4 is 11.3 Å². The predicted molar refractivity (Wildman–Crippen MR) is 104 cm³/mol. The molecule has 2 aromatic carbocycles. The van der Waals surface area contributed by atoms with E-state index in [4.69, 9.17) is 14.0 Å². The first-order valence-electron chi connectivity index (χ1n) is 8.28. The molecular weight excluding hydrogens is 362 g/mol. The number of aromatic nitrogens is 3. The highest BCUT2D eigenvalue weighted by Gasteiger charge is 2.18. The van der Waals surface area contributed by atoms with Crippen LogP contribution >= 0.6 is 11.3 Å². The zero-order valence-corrected chi connectivity index (χ0v) is 15.9. The van der Waals surface area contributed by atoms with Crippen LogP contribution in [0.5, 0.6) is 11.5 Å². The van der Waals surface area contributed by atoms with Gasteiger partial charge in [-0.15, -0.1) is 11.3 Å². The molecule has 0 saturated heterocycles. The molecule has 6 nitrogen and oxygen atoms in total. The minimum absolute atomic E-state index is 0.448. The molecule has 0 bridgehead atoms. The number of hydrogen-bond acceptors (Lipinski definition) is 7. The maximum absolute atomic E-state index is 5.51. The zero-order chi connectivity index (χ0) is 18.8. The smallest absolute Gasteiger partial charge is 0.270 e. The van der Waals surface area contributed by atoms with E-state index in [9.17, 15) is 0 Å². The first-order chi connectivity index (χ1) is 13.2. The van der Waals surface area contributed by atoms with Crippen molar-refractivity contribution in [2.45, 2.75) is 6.92 Å². The lowest BCUT2D eigenvalue weighted by molar-refractivity contribution is 0.394. The molecule has 4 rings (SSSR count). The van der Waals surface area contributed by atoms with Gasteiger partial charge in [-0.2, -0.15) is 4.98 Å². The molecule has 136 valence electrons. The number of aryl methyl sites for hydroxylation is 1. The van der Waals surface area contributed by atoms with Gasteiger partial charge in [-0.3, -0.25) is 0 Å². The van der Waals surface area contributed by atoms with Gasteiger partial charge in [0.1, 0.15) is 21.4 Å². The standard InChI is InChI=1S/C20H17N3O3S/c1-12-17(27-20(21-12)13-7-5-4-6-8-13)19-22-18(23-26-19)14-9-15(24-2)11-16(10-14)25-3/h4-11H,1-3H3. The van der Waals surface area contributed by atoms with Crippen molar-refractivity contribution in [3.63, 3.8) is 0 Å². The van der Waals surface area contributed by atoms with E-state index in [1.807, 2.05) is 49.4 Å². The third-order valence-corrected chi connectivity index (χ3v) is 5.24. The molecule has 2 heterocycles. The van der Waals surface area contributed by atoms with Crippen LogP contribution < -0.4 is 9.47 Å². The number of thiazole rings is 1. The lowest BCUT2D eigenvalue weighted by Crippen LogP contribution is -1.89. The van der Waals surface area contributed by atoms with Gasteiger partial charge in [0.25, 0.3) is 5.89 Å². The molecule has 27 heavy (non-hydrogen) atoms. The van der Waals surface area contributed by atoms with Gasteiger partial charge < -0.3 is 14.0 Å². The molecule has 0 spiro atoms. The van der Waals surface area contributed by atoms with Crippen LogP contribution in [0, 0.1) is 6.92 Å². The summed E-state index contributed by atoms with van der Waals surface area (Å²) in [5.41, 5.74) is 2.68. The molecule has 0 N–H and O–H groups in total. The minimum Gasteiger partial charge on any atom is -0.497 e. The molecule has 0 amide bonds. The number of nitrogens with zero attached hydrogens (tertiary/aromatic N) is 3. The third-order valence-electron chi connectivity index (χ3n) is 4.05. The fourth-order valence-electron chi connectivity index (χ4n) is 2.67. The van der Waals surface area contributed by atoms with Crippen LogP contribution in [0.15, 0.2) is 53.1 Å². The molecule has 4 aromatic rings. The number of benzene rings is 2. The first kappa shape index (κ1) is 17.2. The molecular formula is C20H17N3O3S. The Bertz CT molecular complexity index is 1050. The Hall–Kier alpha value is -3.19. The second kappa shape index (κ2) is 7.20. The second-order valence-corrected chi connectivity index (χ2v) is 6.82. The van der Waals surface area contributed by atoms with Crippen LogP contribution in [-0.2, 0) is 0 Å². The van der Waals surface area contributed by atoms with E-state index >= 15 is 0 Å². The monoisotopic (exact) mass is 379 g/mol. The Morgan fingerprint density at radius 1 is 0.889 bits per heavy atom. The summed E-state index contributed by atoms with van der Waals surface area (Å²) in [6.45, 7) is 1.94. The Morgan fingerprint density at radius 3 is 2.26 bits per heavy atom. The van der Waals surface area contributed by atoms with E-state index in [2.05, 4.69) is 15.1 Å². The molecule has 0 unspecified atom stereocenters. The van der Waals surface area contributed by atoms with Gasteiger partial charge in [0.2, 0.25) is 5.82 Å². The molecule has 0 atom stereocenters. The summed E-state index contributed by atoms with van der Waals surface area (Å²) in [6.07, 6.45) is 0. The molecule has 2 aromatic heterocycles. The van der Waals surface area contributed by atoms with Crippen molar-refractivity contribution in [1.29, 1.82) is 0 Å². The highest BCUT2D eigenvalue weighted by atomic mass is 32.1. The number of ether oxygens (including phenoxy) is 2. The van der Waals surface area contributed by atoms with Crippen LogP contribution in [0.25, 0.3) is 32.7 Å². The molecule has 0 aliphatic carbocycles. The summed E-state index contributed by atoms with van der Waals surface area (Å²) >= 11 is 1.53. The topological polar surface area (TPSA) is 70.3 Å². The zero-order valence-electron chi connectivity index (χ0n) is 15.1. The lowest BCUT2D eigenvalue weighted by atomic mass is 10.2. The lowest BCUT2D eigenvalue weighted by Gasteiger charge is -2.05. The quantitative estimate of drug-likeness (QED) is 0.493. The molecule has 0 aliphatic heterocycles. The van der Waals surface area contributed by atoms with Gasteiger partial charge in [0, 0.05) is 17.2 Å². The van der Waals surface area contributed by atoms with E-state index < -0.39 is 0 Å². The van der Waals surface area contributed by atoms with E-state index in [1.165, 1.54) is 11.3 Å². The largest absolute Gasteiger partial charge is 0.497 e. The number of methoxy groups -OCH3 is 2. The highest BCUT2D eigenvalue weighted by molar-refractivity contribution is 7.18. The van der Waals surface area contributed by atoms with Crippen LogP contribution in [0.3, 0.4) is 0 Å². The van der Waals surface area contributed by atoms with Crippen molar-refractivity contribution in [1.82, 2.24) is 15.1 Å². The van der Waals surface area contributed by atoms with Gasteiger partial charge in [-0.1, -0.05) is 35.5 Å². The van der Waals surface area contributed by atoms with Crippen molar-refractivity contribution < 1.29 is 14.0 Å². The van der Waals surface area contributed by atoms with Crippen molar-refractivity contribution in [3.8, 4) is 44.2 Å². The highest BCUT2D eigenvalue weighted by Crippen LogP contribution is 2.36. The van der Waals surface area contributed by atoms with Gasteiger partial charge >= 0.3 is 0 Å². The van der Waals surface area contributed by atoms with E-state index in [-0.39, 0.29) is 0 Å². The summed E-state index contributed by atoms with van der Waals surface area (Å²) in [4.78, 5) is 10.1. The molecule has 0 aliphatic rings. The molecule has 0 fully saturated rings. The Kier molecular flexibility index (Phi) is 4.60. The second-order valence-electron chi connectivity index (χ2n) is 5.82. The summed E-state index contributed by atoms with van der Waals surface area (Å²) in [5.74, 6) is 2.24. The van der Waals surface area contributed by atoms with Gasteiger partial charge in [-0.25, -0.2) is 4.98 Å². The van der Waals surface area contributed by atoms with E-state index in [0.717, 1.165) is 26.7 Å². The number of hydrogen-bond donors (Lipinski definition) is 0. The summed E-state index contributed by atoms with van der Waals surface area (Å²) in [6, 6.07) is 15.5. The van der Waals surface area contributed by atoms with Gasteiger partial charge in [-0.05, 0) is 19.1 Å². The molecule has 0 saturated carbocycles. The normalized spacial score (nSPS) is 10.8. The third kappa shape index (κ3) is 3.41. The summed E-state index contributed by atoms with van der Waals surface area (Å²) in [5, 5.41) is 5.04. The minimum atomic E-state index is 0.448. The van der Waals surface area contributed by atoms with Crippen LogP contribution in [0.4, 0.5) is 0 Å². The Balaban J connectivity index is 1.71. The maximum Gasteiger partial charge on any atom is 0.270 e. The van der Waals surface area contributed by atoms with Crippen molar-refractivity contribution in [2.75, 3.05) is 14.2 Å². The van der Waals surface area contributed by atoms with E-state index in [1.54, 1.807) is 20.3 Å². The van der Waals surface area contributed by atoms with Gasteiger partial charge in [0.05, 0.1) is 19.9 Å². The average Bonchev–Trinajstić information content (AvgIpc) is 3.35. The van der Waals surface area contributed by atoms with Crippen LogP contribution in [-0.4, -0.2) is 29.3 Å². The Morgan fingerprint density at radius 2 is 1.59 bits per heavy atom. The fraction of sp³-hybridized carbons (Fsp3) is 0.150. The fourth-order valence-corrected chi connectivity index (χ4v) is 3.66. The Labute approximate surface area is 160 Å². The molecule has 0 radical (unpaired) electrons. The van der Waals surface area contributed by atoms with Crippen molar-refractivity contribution in [2.24, 2.45) is 0 Å². The maximum atomic E-state index is 5.51. The average molecular weight is 379 g/mol. The number of rotatable bonds is 5. The predicted octanol–water partition coefficient (Wildman–Crippen LogP) is 4.85. The summed E-state index contributed by atoms with van der Waals surface area (Å²) < 4.78 is 16.1. The van der Waals surface area contributed by atoms with Crippen molar-refractivity contribution in [3.05, 3.63) is 54.2 Å². The van der Waals surface area contributed by atoms with E-state index in [0.29, 0.717) is 23.2 Å². The summed E-state index contributed by atoms with van der Waals surface area (Å²) in [7, 11) is 3.21. The van der Waals surface area contributed by atoms with Crippen LogP contribution in [0.1, 0.15) is 5.69 Å².